The number of carboxylic acid groups (broad SMARTS) is 1. The lowest BCUT2D eigenvalue weighted by molar-refractivity contribution is -0.175. The SMILES string of the molecule is C[C@H](CCC(=O)N1CCCC1C(=O)O)[C@H]1CC[C@H]2[C@@H]3CC[C@@H]4C[C@H](O)CC[C@]4(C)[C@H]3C[C@H](O)[C@]12C. The molecule has 35 heavy (non-hydrogen) atoms. The van der Waals surface area contributed by atoms with Gasteiger partial charge >= 0.3 is 5.97 Å². The fraction of sp³-hybridized carbons (Fsp3) is 0.931. The minimum atomic E-state index is -0.884. The maximum atomic E-state index is 12.9. The van der Waals surface area contributed by atoms with Gasteiger partial charge in [-0.25, -0.2) is 4.79 Å². The number of aliphatic hydroxyl groups is 2. The van der Waals surface area contributed by atoms with Gasteiger partial charge in [-0.2, -0.15) is 0 Å². The van der Waals surface area contributed by atoms with Crippen molar-refractivity contribution in [3.63, 3.8) is 0 Å². The summed E-state index contributed by atoms with van der Waals surface area (Å²) >= 11 is 0. The summed E-state index contributed by atoms with van der Waals surface area (Å²) in [6.45, 7) is 7.61. The Morgan fingerprint density at radius 2 is 1.77 bits per heavy atom. The number of rotatable bonds is 5. The van der Waals surface area contributed by atoms with Crippen molar-refractivity contribution in [1.29, 1.82) is 0 Å². The Balaban J connectivity index is 1.27. The summed E-state index contributed by atoms with van der Waals surface area (Å²) in [7, 11) is 0. The molecule has 198 valence electrons. The Kier molecular flexibility index (Phi) is 6.78. The fourth-order valence-corrected chi connectivity index (χ4v) is 10.2. The molecule has 1 saturated heterocycles. The molecule has 5 rings (SSSR count). The summed E-state index contributed by atoms with van der Waals surface area (Å²) in [5.41, 5.74) is 0.148. The third kappa shape index (κ3) is 4.05. The van der Waals surface area contributed by atoms with Gasteiger partial charge in [-0.3, -0.25) is 4.79 Å². The van der Waals surface area contributed by atoms with Gasteiger partial charge in [0.1, 0.15) is 6.04 Å². The first kappa shape index (κ1) is 25.5. The predicted octanol–water partition coefficient (Wildman–Crippen LogP) is 4.47. The second-order valence-electron chi connectivity index (χ2n) is 13.5. The van der Waals surface area contributed by atoms with Crippen LogP contribution in [-0.4, -0.2) is 56.9 Å². The van der Waals surface area contributed by atoms with Gasteiger partial charge in [0.15, 0.2) is 0 Å². The molecule has 0 bridgehead atoms. The molecule has 0 aromatic carbocycles. The normalized spacial score (nSPS) is 48.1. The number of hydrogen-bond donors (Lipinski definition) is 3. The second kappa shape index (κ2) is 9.31. The number of carbonyl (C=O) groups is 2. The average Bonchev–Trinajstić information content (AvgIpc) is 3.44. The lowest BCUT2D eigenvalue weighted by Gasteiger charge is -2.62. The number of hydrogen-bond acceptors (Lipinski definition) is 4. The van der Waals surface area contributed by atoms with E-state index in [1.807, 2.05) is 0 Å². The van der Waals surface area contributed by atoms with E-state index in [1.54, 1.807) is 4.90 Å². The minimum Gasteiger partial charge on any atom is -0.480 e. The summed E-state index contributed by atoms with van der Waals surface area (Å²) in [5.74, 6) is 2.19. The molecular formula is C29H47NO5. The van der Waals surface area contributed by atoms with E-state index in [1.165, 1.54) is 19.3 Å². The van der Waals surface area contributed by atoms with Crippen molar-refractivity contribution in [2.24, 2.45) is 46.3 Å². The molecule has 0 aromatic heterocycles. The van der Waals surface area contributed by atoms with Crippen LogP contribution in [0.25, 0.3) is 0 Å². The number of fused-ring (bicyclic) bond motifs is 5. The number of carboxylic acids is 1. The Morgan fingerprint density at radius 3 is 2.51 bits per heavy atom. The monoisotopic (exact) mass is 489 g/mol. The molecule has 6 nitrogen and oxygen atoms in total. The van der Waals surface area contributed by atoms with Crippen LogP contribution in [0.4, 0.5) is 0 Å². The highest BCUT2D eigenvalue weighted by atomic mass is 16.4. The second-order valence-corrected chi connectivity index (χ2v) is 13.5. The van der Waals surface area contributed by atoms with Gasteiger partial charge in [0.05, 0.1) is 12.2 Å². The van der Waals surface area contributed by atoms with Gasteiger partial charge in [-0.1, -0.05) is 20.8 Å². The van der Waals surface area contributed by atoms with Gasteiger partial charge < -0.3 is 20.2 Å². The van der Waals surface area contributed by atoms with E-state index in [-0.39, 0.29) is 28.9 Å². The summed E-state index contributed by atoms with van der Waals surface area (Å²) in [5, 5.41) is 31.4. The van der Waals surface area contributed by atoms with E-state index in [9.17, 15) is 24.9 Å². The van der Waals surface area contributed by atoms with E-state index in [2.05, 4.69) is 20.8 Å². The van der Waals surface area contributed by atoms with E-state index < -0.39 is 12.0 Å². The zero-order valence-corrected chi connectivity index (χ0v) is 22.0. The first-order valence-electron chi connectivity index (χ1n) is 14.5. The lowest BCUT2D eigenvalue weighted by atomic mass is 9.43. The summed E-state index contributed by atoms with van der Waals surface area (Å²) in [6, 6.07) is -0.652. The summed E-state index contributed by atoms with van der Waals surface area (Å²) in [6.07, 6.45) is 10.6. The van der Waals surface area contributed by atoms with Crippen LogP contribution in [0.2, 0.25) is 0 Å². The van der Waals surface area contributed by atoms with E-state index in [0.717, 1.165) is 44.9 Å². The molecule has 1 amide bonds. The van der Waals surface area contributed by atoms with Crippen LogP contribution in [0, 0.1) is 46.3 Å². The van der Waals surface area contributed by atoms with Crippen molar-refractivity contribution >= 4 is 11.9 Å². The van der Waals surface area contributed by atoms with Crippen LogP contribution in [0.5, 0.6) is 0 Å². The van der Waals surface area contributed by atoms with Crippen molar-refractivity contribution in [3.8, 4) is 0 Å². The zero-order chi connectivity index (χ0) is 25.1. The molecular weight excluding hydrogens is 442 g/mol. The van der Waals surface area contributed by atoms with Gasteiger partial charge in [0, 0.05) is 13.0 Å². The quantitative estimate of drug-likeness (QED) is 0.529. The van der Waals surface area contributed by atoms with Crippen molar-refractivity contribution in [2.75, 3.05) is 6.54 Å². The smallest absolute Gasteiger partial charge is 0.326 e. The highest BCUT2D eigenvalue weighted by Crippen LogP contribution is 2.68. The third-order valence-corrected chi connectivity index (χ3v) is 12.2. The number of likely N-dealkylation sites (tertiary alicyclic amines) is 1. The molecule has 0 aromatic rings. The van der Waals surface area contributed by atoms with Crippen LogP contribution in [0.3, 0.4) is 0 Å². The number of nitrogens with zero attached hydrogens (tertiary/aromatic N) is 1. The van der Waals surface area contributed by atoms with Crippen LogP contribution in [-0.2, 0) is 9.59 Å². The first-order valence-corrected chi connectivity index (χ1v) is 14.5. The molecule has 4 aliphatic carbocycles. The molecule has 5 fully saturated rings. The van der Waals surface area contributed by atoms with Crippen molar-refractivity contribution in [3.05, 3.63) is 0 Å². The van der Waals surface area contributed by atoms with Crippen molar-refractivity contribution in [1.82, 2.24) is 4.90 Å². The number of carbonyl (C=O) groups excluding carboxylic acids is 1. The highest BCUT2D eigenvalue weighted by Gasteiger charge is 2.63. The molecule has 1 unspecified atom stereocenters. The largest absolute Gasteiger partial charge is 0.480 e. The Labute approximate surface area is 210 Å². The lowest BCUT2D eigenvalue weighted by Crippen LogP contribution is -2.58. The number of aliphatic carboxylic acids is 1. The van der Waals surface area contributed by atoms with E-state index in [0.29, 0.717) is 54.9 Å². The molecule has 5 aliphatic rings. The Morgan fingerprint density at radius 1 is 1.00 bits per heavy atom. The van der Waals surface area contributed by atoms with Gasteiger partial charge in [-0.05, 0) is 117 Å². The van der Waals surface area contributed by atoms with Crippen LogP contribution < -0.4 is 0 Å². The molecule has 1 heterocycles. The standard InChI is InChI=1S/C29H47NO5/c1-17(6-11-26(33)30-14-4-5-24(30)27(34)35)21-9-10-22-20-8-7-18-15-19(31)12-13-28(18,2)23(20)16-25(32)29(21,22)3/h17-25,31-32H,4-16H2,1-3H3,(H,34,35)/t17-,18-,19-,20+,21-,22+,23+,24?,25+,28+,29-/m1/s1. The Bertz CT molecular complexity index is 832. The predicted molar refractivity (Wildman–Crippen MR) is 133 cm³/mol. The summed E-state index contributed by atoms with van der Waals surface area (Å²) < 4.78 is 0. The fourth-order valence-electron chi connectivity index (χ4n) is 10.2. The first-order chi connectivity index (χ1) is 16.6. The molecule has 11 atom stereocenters. The molecule has 0 spiro atoms. The van der Waals surface area contributed by atoms with E-state index >= 15 is 0 Å². The van der Waals surface area contributed by atoms with E-state index in [4.69, 9.17) is 0 Å². The molecule has 1 aliphatic heterocycles. The average molecular weight is 490 g/mol. The van der Waals surface area contributed by atoms with Crippen LogP contribution >= 0.6 is 0 Å². The minimum absolute atomic E-state index is 0.0172. The molecule has 4 saturated carbocycles. The zero-order valence-electron chi connectivity index (χ0n) is 22.0. The molecule has 0 radical (unpaired) electrons. The number of amides is 1. The van der Waals surface area contributed by atoms with Crippen molar-refractivity contribution in [2.45, 2.75) is 116 Å². The maximum absolute atomic E-state index is 12.9. The number of aliphatic hydroxyl groups excluding tert-OH is 2. The van der Waals surface area contributed by atoms with Gasteiger partial charge in [0.25, 0.3) is 0 Å². The van der Waals surface area contributed by atoms with Gasteiger partial charge in [-0.15, -0.1) is 0 Å². The van der Waals surface area contributed by atoms with Crippen LogP contribution in [0.15, 0.2) is 0 Å². The Hall–Kier alpha value is -1.14. The molecule has 3 N–H and O–H groups in total. The van der Waals surface area contributed by atoms with Gasteiger partial charge in [0.2, 0.25) is 5.91 Å². The molecule has 6 heteroatoms. The topological polar surface area (TPSA) is 98.1 Å². The third-order valence-electron chi connectivity index (χ3n) is 12.2. The van der Waals surface area contributed by atoms with Crippen LogP contribution in [0.1, 0.15) is 97.8 Å². The maximum Gasteiger partial charge on any atom is 0.326 e. The van der Waals surface area contributed by atoms with Crippen molar-refractivity contribution < 1.29 is 24.9 Å². The summed E-state index contributed by atoms with van der Waals surface area (Å²) in [4.78, 5) is 26.0. The highest BCUT2D eigenvalue weighted by molar-refractivity contribution is 5.84.